The lowest BCUT2D eigenvalue weighted by Gasteiger charge is -2.31. The molecule has 0 saturated carbocycles. The minimum Gasteiger partial charge on any atom is -0.489 e. The number of halogens is 1. The minimum atomic E-state index is -0.308. The Labute approximate surface area is 203 Å². The topological polar surface area (TPSA) is 62.8 Å². The van der Waals surface area contributed by atoms with Crippen molar-refractivity contribution in [3.63, 3.8) is 0 Å². The van der Waals surface area contributed by atoms with Gasteiger partial charge in [-0.05, 0) is 54.2 Å². The third kappa shape index (κ3) is 6.22. The van der Waals surface area contributed by atoms with Gasteiger partial charge in [0.15, 0.2) is 5.11 Å². The number of nitrogens with zero attached hydrogens (tertiary/aromatic N) is 1. The number of carbonyl (C=O) groups excluding carboxylic acids is 1. The number of benzene rings is 3. The summed E-state index contributed by atoms with van der Waals surface area (Å²) in [6.07, 6.45) is 0. The van der Waals surface area contributed by atoms with E-state index in [0.717, 1.165) is 30.0 Å². The lowest BCUT2D eigenvalue weighted by molar-refractivity contribution is 0.0977. The van der Waals surface area contributed by atoms with Gasteiger partial charge in [0.05, 0.1) is 29.6 Å². The molecule has 1 heterocycles. The first-order valence-electron chi connectivity index (χ1n) is 10.6. The van der Waals surface area contributed by atoms with Crippen LogP contribution in [0.5, 0.6) is 5.75 Å². The zero-order valence-electron chi connectivity index (χ0n) is 17.9. The van der Waals surface area contributed by atoms with Gasteiger partial charge < -0.3 is 19.7 Å². The van der Waals surface area contributed by atoms with Crippen molar-refractivity contribution in [3.05, 3.63) is 88.9 Å². The number of para-hydroxylation sites is 1. The second-order valence-corrected chi connectivity index (χ2v) is 8.26. The number of amides is 1. The molecule has 1 fully saturated rings. The molecule has 2 N–H and O–H groups in total. The van der Waals surface area contributed by atoms with Crippen LogP contribution < -0.4 is 20.3 Å². The zero-order valence-corrected chi connectivity index (χ0v) is 19.5. The molecular weight excluding hydrogens is 458 g/mol. The number of thiocarbonyl (C=S) groups is 1. The van der Waals surface area contributed by atoms with E-state index < -0.39 is 0 Å². The van der Waals surface area contributed by atoms with Gasteiger partial charge in [-0.25, -0.2) is 0 Å². The summed E-state index contributed by atoms with van der Waals surface area (Å²) in [5.41, 5.74) is 3.14. The highest BCUT2D eigenvalue weighted by atomic mass is 35.5. The van der Waals surface area contributed by atoms with Crippen LogP contribution in [0.1, 0.15) is 15.9 Å². The molecule has 0 bridgehead atoms. The third-order valence-electron chi connectivity index (χ3n) is 5.15. The van der Waals surface area contributed by atoms with E-state index in [9.17, 15) is 4.79 Å². The molecule has 3 aromatic carbocycles. The molecule has 1 aliphatic heterocycles. The maximum Gasteiger partial charge on any atom is 0.257 e. The maximum atomic E-state index is 12.7. The summed E-state index contributed by atoms with van der Waals surface area (Å²) in [5, 5.41) is 6.64. The number of carbonyl (C=O) groups is 1. The molecule has 0 spiro atoms. The SMILES string of the molecule is O=C(NC(=S)Nc1cccc(Cl)c1N1CCOCC1)c1ccc(OCc2ccccc2)cc1. The van der Waals surface area contributed by atoms with Crippen LogP contribution in [0.3, 0.4) is 0 Å². The van der Waals surface area contributed by atoms with Gasteiger partial charge in [-0.1, -0.05) is 48.0 Å². The Bertz CT molecular complexity index is 1100. The monoisotopic (exact) mass is 481 g/mol. The van der Waals surface area contributed by atoms with Crippen LogP contribution in [0.2, 0.25) is 5.02 Å². The number of rotatable bonds is 6. The van der Waals surface area contributed by atoms with E-state index in [2.05, 4.69) is 15.5 Å². The number of morpholine rings is 1. The van der Waals surface area contributed by atoms with Crippen molar-refractivity contribution in [2.24, 2.45) is 0 Å². The molecular formula is C25H24ClN3O3S. The van der Waals surface area contributed by atoms with Crippen molar-refractivity contribution in [3.8, 4) is 5.75 Å². The van der Waals surface area contributed by atoms with Gasteiger partial charge in [0, 0.05) is 18.7 Å². The maximum absolute atomic E-state index is 12.7. The first kappa shape index (κ1) is 23.0. The summed E-state index contributed by atoms with van der Waals surface area (Å²) in [7, 11) is 0. The fraction of sp³-hybridized carbons (Fsp3) is 0.200. The molecule has 0 radical (unpaired) electrons. The zero-order chi connectivity index (χ0) is 23.0. The summed E-state index contributed by atoms with van der Waals surface area (Å²) in [6.45, 7) is 3.20. The molecule has 3 aromatic rings. The second-order valence-electron chi connectivity index (χ2n) is 7.44. The molecule has 4 rings (SSSR count). The Hall–Kier alpha value is -3.13. The van der Waals surface area contributed by atoms with Gasteiger partial charge in [0.25, 0.3) is 5.91 Å². The first-order valence-corrected chi connectivity index (χ1v) is 11.4. The van der Waals surface area contributed by atoms with E-state index in [1.165, 1.54) is 0 Å². The van der Waals surface area contributed by atoms with E-state index in [4.69, 9.17) is 33.3 Å². The molecule has 1 aliphatic rings. The van der Waals surface area contributed by atoms with Crippen molar-refractivity contribution in [1.82, 2.24) is 5.32 Å². The highest BCUT2D eigenvalue weighted by molar-refractivity contribution is 7.80. The summed E-state index contributed by atoms with van der Waals surface area (Å²) in [5.74, 6) is 0.377. The highest BCUT2D eigenvalue weighted by Gasteiger charge is 2.19. The van der Waals surface area contributed by atoms with Gasteiger partial charge in [0.1, 0.15) is 12.4 Å². The summed E-state index contributed by atoms with van der Waals surface area (Å²) in [4.78, 5) is 14.8. The van der Waals surface area contributed by atoms with Crippen LogP contribution in [-0.4, -0.2) is 37.3 Å². The van der Waals surface area contributed by atoms with Crippen molar-refractivity contribution in [2.45, 2.75) is 6.61 Å². The van der Waals surface area contributed by atoms with Gasteiger partial charge in [-0.15, -0.1) is 0 Å². The van der Waals surface area contributed by atoms with Crippen LogP contribution >= 0.6 is 23.8 Å². The summed E-state index contributed by atoms with van der Waals surface area (Å²) < 4.78 is 11.2. The number of hydrogen-bond donors (Lipinski definition) is 2. The molecule has 1 saturated heterocycles. The van der Waals surface area contributed by atoms with Gasteiger partial charge in [-0.3, -0.25) is 10.1 Å². The number of anilines is 2. The van der Waals surface area contributed by atoms with Crippen molar-refractivity contribution < 1.29 is 14.3 Å². The van der Waals surface area contributed by atoms with Crippen LogP contribution in [-0.2, 0) is 11.3 Å². The fourth-order valence-electron chi connectivity index (χ4n) is 3.50. The smallest absolute Gasteiger partial charge is 0.257 e. The summed E-state index contributed by atoms with van der Waals surface area (Å²) >= 11 is 11.8. The van der Waals surface area contributed by atoms with Crippen LogP contribution in [0.25, 0.3) is 0 Å². The largest absolute Gasteiger partial charge is 0.489 e. The van der Waals surface area contributed by atoms with Gasteiger partial charge in [-0.2, -0.15) is 0 Å². The first-order chi connectivity index (χ1) is 16.1. The van der Waals surface area contributed by atoms with Crippen LogP contribution in [0.15, 0.2) is 72.8 Å². The fourth-order valence-corrected chi connectivity index (χ4v) is 3.99. The Morgan fingerprint density at radius 2 is 1.73 bits per heavy atom. The minimum absolute atomic E-state index is 0.196. The van der Waals surface area contributed by atoms with Crippen LogP contribution in [0, 0.1) is 0 Å². The summed E-state index contributed by atoms with van der Waals surface area (Å²) in [6, 6.07) is 22.4. The number of ether oxygens (including phenoxy) is 2. The van der Waals surface area contributed by atoms with Gasteiger partial charge in [0.2, 0.25) is 0 Å². The molecule has 170 valence electrons. The van der Waals surface area contributed by atoms with Crippen molar-refractivity contribution in [1.29, 1.82) is 0 Å². The van der Waals surface area contributed by atoms with Crippen molar-refractivity contribution >= 4 is 46.2 Å². The average Bonchev–Trinajstić information content (AvgIpc) is 2.84. The van der Waals surface area contributed by atoms with E-state index in [1.54, 1.807) is 24.3 Å². The van der Waals surface area contributed by atoms with E-state index in [-0.39, 0.29) is 11.0 Å². The molecule has 0 unspecified atom stereocenters. The standard InChI is InChI=1S/C25H24ClN3O3S/c26-21-7-4-8-22(23(21)29-13-15-31-16-14-29)27-25(33)28-24(30)19-9-11-20(12-10-19)32-17-18-5-2-1-3-6-18/h1-12H,13-17H2,(H2,27,28,30,33). The highest BCUT2D eigenvalue weighted by Crippen LogP contribution is 2.34. The molecule has 0 aliphatic carbocycles. The predicted molar refractivity (Wildman–Crippen MR) is 135 cm³/mol. The van der Waals surface area contributed by atoms with E-state index in [1.807, 2.05) is 48.5 Å². The normalized spacial score (nSPS) is 13.3. The Kier molecular flexibility index (Phi) is 7.78. The van der Waals surface area contributed by atoms with Gasteiger partial charge >= 0.3 is 0 Å². The van der Waals surface area contributed by atoms with Crippen LogP contribution in [0.4, 0.5) is 11.4 Å². The Balaban J connectivity index is 1.35. The molecule has 33 heavy (non-hydrogen) atoms. The molecule has 0 aromatic heterocycles. The molecule has 6 nitrogen and oxygen atoms in total. The lowest BCUT2D eigenvalue weighted by atomic mass is 10.2. The number of hydrogen-bond acceptors (Lipinski definition) is 5. The molecule has 0 atom stereocenters. The molecule has 8 heteroatoms. The predicted octanol–water partition coefficient (Wildman–Crippen LogP) is 4.88. The molecule has 1 amide bonds. The van der Waals surface area contributed by atoms with E-state index >= 15 is 0 Å². The second kappa shape index (κ2) is 11.1. The quantitative estimate of drug-likeness (QED) is 0.489. The third-order valence-corrected chi connectivity index (χ3v) is 5.66. The Morgan fingerprint density at radius 3 is 2.45 bits per heavy atom. The average molecular weight is 482 g/mol. The lowest BCUT2D eigenvalue weighted by Crippen LogP contribution is -2.38. The Morgan fingerprint density at radius 1 is 1.00 bits per heavy atom. The number of nitrogens with one attached hydrogen (secondary N) is 2. The van der Waals surface area contributed by atoms with Crippen molar-refractivity contribution in [2.75, 3.05) is 36.5 Å². The van der Waals surface area contributed by atoms with E-state index in [0.29, 0.717) is 36.2 Å².